The van der Waals surface area contributed by atoms with Gasteiger partial charge in [-0.15, -0.1) is 11.3 Å². The predicted octanol–water partition coefficient (Wildman–Crippen LogP) is 3.56. The van der Waals surface area contributed by atoms with Gasteiger partial charge in [0, 0.05) is 21.4 Å². The second-order valence-electron chi connectivity index (χ2n) is 6.84. The number of thiophene rings is 1. The van der Waals surface area contributed by atoms with Gasteiger partial charge in [0.2, 0.25) is 0 Å². The molecule has 3 heterocycles. The average Bonchev–Trinajstić information content (AvgIpc) is 3.16. The van der Waals surface area contributed by atoms with E-state index in [9.17, 15) is 9.59 Å². The number of pyridine rings is 1. The van der Waals surface area contributed by atoms with Crippen LogP contribution in [0.2, 0.25) is 0 Å². The molecule has 0 aliphatic heterocycles. The van der Waals surface area contributed by atoms with Crippen LogP contribution in [0.3, 0.4) is 0 Å². The number of carbonyl (C=O) groups is 2. The highest BCUT2D eigenvalue weighted by molar-refractivity contribution is 7.12. The van der Waals surface area contributed by atoms with E-state index >= 15 is 0 Å². The third kappa shape index (κ3) is 3.57. The Morgan fingerprint density at radius 1 is 1.22 bits per heavy atom. The molecule has 3 aromatic rings. The van der Waals surface area contributed by atoms with E-state index in [1.807, 2.05) is 33.8 Å². The predicted molar refractivity (Wildman–Crippen MR) is 105 cm³/mol. The summed E-state index contributed by atoms with van der Waals surface area (Å²) in [5.74, 6) is -1.54. The first-order valence-corrected chi connectivity index (χ1v) is 9.50. The van der Waals surface area contributed by atoms with Crippen LogP contribution in [0.1, 0.15) is 46.9 Å². The molecule has 0 aliphatic carbocycles. The lowest BCUT2D eigenvalue weighted by Gasteiger charge is -2.12. The summed E-state index contributed by atoms with van der Waals surface area (Å²) >= 11 is 1.67. The Morgan fingerprint density at radius 2 is 1.93 bits per heavy atom. The summed E-state index contributed by atoms with van der Waals surface area (Å²) in [6.07, 6.45) is 1.61. The lowest BCUT2D eigenvalue weighted by atomic mass is 10.1. The van der Waals surface area contributed by atoms with Crippen molar-refractivity contribution < 1.29 is 14.7 Å². The van der Waals surface area contributed by atoms with Crippen LogP contribution < -0.4 is 5.32 Å². The maximum absolute atomic E-state index is 12.8. The van der Waals surface area contributed by atoms with Gasteiger partial charge in [0.25, 0.3) is 5.91 Å². The highest BCUT2D eigenvalue weighted by Crippen LogP contribution is 2.32. The van der Waals surface area contributed by atoms with Gasteiger partial charge in [0.1, 0.15) is 6.04 Å². The zero-order valence-electron chi connectivity index (χ0n) is 15.9. The van der Waals surface area contributed by atoms with Crippen LogP contribution in [-0.2, 0) is 4.79 Å². The summed E-state index contributed by atoms with van der Waals surface area (Å²) < 4.78 is 1.77. The second kappa shape index (κ2) is 7.11. The number of rotatable bonds is 5. The molecule has 0 spiro atoms. The first kappa shape index (κ1) is 19.0. The Labute approximate surface area is 161 Å². The van der Waals surface area contributed by atoms with Crippen molar-refractivity contribution in [1.29, 1.82) is 0 Å². The number of aryl methyl sites for hydroxylation is 2. The van der Waals surface area contributed by atoms with Crippen LogP contribution in [-0.4, -0.2) is 37.8 Å². The molecule has 7 nitrogen and oxygen atoms in total. The molecule has 0 unspecified atom stereocenters. The molecule has 0 saturated heterocycles. The molecule has 0 fully saturated rings. The van der Waals surface area contributed by atoms with Gasteiger partial charge < -0.3 is 10.4 Å². The Hall–Kier alpha value is -2.74. The number of fused-ring (bicyclic) bond motifs is 1. The van der Waals surface area contributed by atoms with Gasteiger partial charge in [-0.1, -0.05) is 0 Å². The van der Waals surface area contributed by atoms with Crippen molar-refractivity contribution in [1.82, 2.24) is 20.1 Å². The van der Waals surface area contributed by atoms with Crippen LogP contribution in [0.5, 0.6) is 0 Å². The van der Waals surface area contributed by atoms with E-state index in [1.165, 1.54) is 6.92 Å². The molecule has 3 rings (SSSR count). The number of aliphatic carboxylic acids is 1. The van der Waals surface area contributed by atoms with Crippen molar-refractivity contribution >= 4 is 34.2 Å². The zero-order valence-corrected chi connectivity index (χ0v) is 16.7. The summed E-state index contributed by atoms with van der Waals surface area (Å²) in [5, 5.41) is 16.6. The molecule has 0 radical (unpaired) electrons. The van der Waals surface area contributed by atoms with Gasteiger partial charge >= 0.3 is 5.97 Å². The summed E-state index contributed by atoms with van der Waals surface area (Å²) in [7, 11) is 0. The molecular weight excluding hydrogens is 364 g/mol. The normalized spacial score (nSPS) is 12.5. The molecule has 142 valence electrons. The highest BCUT2D eigenvalue weighted by atomic mass is 32.1. The van der Waals surface area contributed by atoms with E-state index in [-0.39, 0.29) is 6.04 Å². The smallest absolute Gasteiger partial charge is 0.325 e. The van der Waals surface area contributed by atoms with Crippen molar-refractivity contribution in [3.8, 4) is 11.3 Å². The fraction of sp³-hybridized carbons (Fsp3) is 0.368. The first-order valence-electron chi connectivity index (χ1n) is 8.68. The maximum Gasteiger partial charge on any atom is 0.325 e. The quantitative estimate of drug-likeness (QED) is 0.699. The zero-order chi connectivity index (χ0) is 19.9. The first-order chi connectivity index (χ1) is 12.7. The average molecular weight is 386 g/mol. The Bertz CT molecular complexity index is 1040. The van der Waals surface area contributed by atoms with Gasteiger partial charge in [-0.2, -0.15) is 5.10 Å². The number of nitrogens with zero attached hydrogens (tertiary/aromatic N) is 3. The van der Waals surface area contributed by atoms with Crippen molar-refractivity contribution in [3.05, 3.63) is 33.6 Å². The third-order valence-corrected chi connectivity index (χ3v) is 5.30. The fourth-order valence-corrected chi connectivity index (χ4v) is 3.88. The topological polar surface area (TPSA) is 97.1 Å². The number of hydrogen-bond acceptors (Lipinski definition) is 5. The van der Waals surface area contributed by atoms with Crippen molar-refractivity contribution in [2.24, 2.45) is 0 Å². The van der Waals surface area contributed by atoms with Crippen molar-refractivity contribution in [2.45, 2.75) is 46.7 Å². The van der Waals surface area contributed by atoms with E-state index in [0.717, 1.165) is 15.3 Å². The van der Waals surface area contributed by atoms with E-state index in [4.69, 9.17) is 10.1 Å². The van der Waals surface area contributed by atoms with Crippen LogP contribution in [0.15, 0.2) is 18.3 Å². The molecule has 2 N–H and O–H groups in total. The highest BCUT2D eigenvalue weighted by Gasteiger charge is 2.22. The Kier molecular flexibility index (Phi) is 5.01. The summed E-state index contributed by atoms with van der Waals surface area (Å²) in [4.78, 5) is 30.9. The number of hydrogen-bond donors (Lipinski definition) is 2. The monoisotopic (exact) mass is 386 g/mol. The molecule has 0 bridgehead atoms. The SMILES string of the molecule is Cc1cc(-c2cc(C(=O)N[C@@H](C)C(=O)O)c3cnn(C(C)C)c3n2)c(C)s1. The van der Waals surface area contributed by atoms with Crippen molar-refractivity contribution in [2.75, 3.05) is 0 Å². The molecule has 8 heteroatoms. The Balaban J connectivity index is 2.20. The lowest BCUT2D eigenvalue weighted by Crippen LogP contribution is -2.38. The van der Waals surface area contributed by atoms with Crippen LogP contribution in [0.4, 0.5) is 0 Å². The minimum absolute atomic E-state index is 0.0735. The number of aromatic nitrogens is 3. The van der Waals surface area contributed by atoms with Crippen LogP contribution >= 0.6 is 11.3 Å². The van der Waals surface area contributed by atoms with Crippen LogP contribution in [0.25, 0.3) is 22.3 Å². The minimum Gasteiger partial charge on any atom is -0.480 e. The molecule has 1 atom stereocenters. The lowest BCUT2D eigenvalue weighted by molar-refractivity contribution is -0.138. The molecule has 0 aromatic carbocycles. The molecule has 27 heavy (non-hydrogen) atoms. The van der Waals surface area contributed by atoms with Gasteiger partial charge in [-0.25, -0.2) is 9.67 Å². The van der Waals surface area contributed by atoms with E-state index in [1.54, 1.807) is 28.3 Å². The summed E-state index contributed by atoms with van der Waals surface area (Å²) in [5.41, 5.74) is 2.63. The Morgan fingerprint density at radius 3 is 2.48 bits per heavy atom. The maximum atomic E-state index is 12.8. The van der Waals surface area contributed by atoms with Gasteiger partial charge in [0.05, 0.1) is 22.8 Å². The molecular formula is C19H22N4O3S. The molecule has 3 aromatic heterocycles. The number of nitrogens with one attached hydrogen (secondary N) is 1. The largest absolute Gasteiger partial charge is 0.480 e. The van der Waals surface area contributed by atoms with Crippen molar-refractivity contribution in [3.63, 3.8) is 0 Å². The van der Waals surface area contributed by atoms with Gasteiger partial charge in [0.15, 0.2) is 5.65 Å². The summed E-state index contributed by atoms with van der Waals surface area (Å²) in [6.45, 7) is 9.47. The number of carboxylic acid groups (broad SMARTS) is 1. The van der Waals surface area contributed by atoms with Gasteiger partial charge in [-0.3, -0.25) is 9.59 Å². The number of carboxylic acids is 1. The standard InChI is InChI=1S/C19H22N4O3S/c1-9(2)23-17-15(8-20-23)14(18(24)21-11(4)19(25)26)7-16(22-17)13-6-10(3)27-12(13)5/h6-9,11H,1-5H3,(H,21,24)(H,25,26)/t11-/m0/s1. The molecule has 0 saturated carbocycles. The van der Waals surface area contributed by atoms with E-state index in [2.05, 4.69) is 10.4 Å². The second-order valence-corrected chi connectivity index (χ2v) is 8.30. The van der Waals surface area contributed by atoms with E-state index in [0.29, 0.717) is 22.3 Å². The molecule has 0 aliphatic rings. The third-order valence-electron chi connectivity index (χ3n) is 4.34. The molecule has 1 amide bonds. The number of carbonyl (C=O) groups excluding carboxylic acids is 1. The van der Waals surface area contributed by atoms with E-state index < -0.39 is 17.9 Å². The fourth-order valence-electron chi connectivity index (χ4n) is 2.94. The van der Waals surface area contributed by atoms with Gasteiger partial charge in [-0.05, 0) is 46.8 Å². The number of amides is 1. The summed E-state index contributed by atoms with van der Waals surface area (Å²) in [6, 6.07) is 2.85. The van der Waals surface area contributed by atoms with Crippen LogP contribution in [0, 0.1) is 13.8 Å². The minimum atomic E-state index is -1.09.